The van der Waals surface area contributed by atoms with Crippen LogP contribution in [-0.4, -0.2) is 13.7 Å². The maximum Gasteiger partial charge on any atom is 0.161 e. The number of methoxy groups -OCH3 is 1. The van der Waals surface area contributed by atoms with Crippen LogP contribution in [0.2, 0.25) is 0 Å². The van der Waals surface area contributed by atoms with E-state index in [-0.39, 0.29) is 0 Å². The van der Waals surface area contributed by atoms with Crippen LogP contribution in [0.25, 0.3) is 0 Å². The van der Waals surface area contributed by atoms with Crippen LogP contribution in [0.3, 0.4) is 0 Å². The highest BCUT2D eigenvalue weighted by Gasteiger charge is 2.05. The summed E-state index contributed by atoms with van der Waals surface area (Å²) in [5.74, 6) is 1.38. The van der Waals surface area contributed by atoms with Crippen molar-refractivity contribution in [3.05, 3.63) is 34.9 Å². The van der Waals surface area contributed by atoms with Crippen LogP contribution in [0, 0.1) is 0 Å². The summed E-state index contributed by atoms with van der Waals surface area (Å²) in [5, 5.41) is 0. The Hall–Kier alpha value is -1.19. The van der Waals surface area contributed by atoms with Crippen molar-refractivity contribution in [3.8, 4) is 11.5 Å². The Morgan fingerprint density at radius 3 is 2.75 bits per heavy atom. The van der Waals surface area contributed by atoms with Crippen molar-refractivity contribution >= 4 is 11.6 Å². The summed E-state index contributed by atoms with van der Waals surface area (Å²) in [7, 11) is 1.60. The molecule has 0 fully saturated rings. The van der Waals surface area contributed by atoms with E-state index in [4.69, 9.17) is 26.8 Å². The Bertz CT molecular complexity index is 377. The normalized spacial score (nSPS) is 11.4. The summed E-state index contributed by atoms with van der Waals surface area (Å²) in [6, 6.07) is 5.63. The summed E-state index contributed by atoms with van der Waals surface area (Å²) < 4.78 is 10.8. The fourth-order valence-corrected chi connectivity index (χ4v) is 1.24. The Labute approximate surface area is 101 Å². The number of ether oxygens (including phenoxy) is 2. The Morgan fingerprint density at radius 1 is 1.44 bits per heavy atom. The van der Waals surface area contributed by atoms with Crippen LogP contribution in [0.5, 0.6) is 11.5 Å². The zero-order valence-electron chi connectivity index (χ0n) is 9.50. The fraction of sp³-hybridized carbons (Fsp3) is 0.333. The van der Waals surface area contributed by atoms with Crippen LogP contribution in [0.4, 0.5) is 0 Å². The predicted molar refractivity (Wildman–Crippen MR) is 66.0 cm³/mol. The summed E-state index contributed by atoms with van der Waals surface area (Å²) in [4.78, 5) is 0. The van der Waals surface area contributed by atoms with Gasteiger partial charge in [0.15, 0.2) is 11.5 Å². The minimum atomic E-state index is 0.446. The molecule has 1 rings (SSSR count). The van der Waals surface area contributed by atoms with E-state index in [1.165, 1.54) is 5.54 Å². The molecular weight excluding hydrogens is 226 g/mol. The molecule has 0 bridgehead atoms. The van der Waals surface area contributed by atoms with Gasteiger partial charge >= 0.3 is 0 Å². The van der Waals surface area contributed by atoms with Gasteiger partial charge in [-0.15, -0.1) is 0 Å². The van der Waals surface area contributed by atoms with Gasteiger partial charge in [-0.25, -0.2) is 0 Å². The van der Waals surface area contributed by atoms with Gasteiger partial charge in [0.25, 0.3) is 0 Å². The molecule has 0 amide bonds. The van der Waals surface area contributed by atoms with Gasteiger partial charge in [0.05, 0.1) is 7.11 Å². The molecule has 2 N–H and O–H groups in total. The Balaban J connectivity index is 2.79. The number of halogens is 1. The van der Waals surface area contributed by atoms with E-state index in [9.17, 15) is 0 Å². The van der Waals surface area contributed by atoms with Crippen molar-refractivity contribution in [2.45, 2.75) is 13.5 Å². The number of hydrogen-bond acceptors (Lipinski definition) is 3. The highest BCUT2D eigenvalue weighted by molar-refractivity contribution is 6.25. The molecule has 88 valence electrons. The fourth-order valence-electron chi connectivity index (χ4n) is 1.18. The van der Waals surface area contributed by atoms with Gasteiger partial charge < -0.3 is 15.2 Å². The average molecular weight is 242 g/mol. The summed E-state index contributed by atoms with van der Waals surface area (Å²) in [5.41, 5.74) is 9.00. The maximum absolute atomic E-state index is 5.56. The third-order valence-corrected chi connectivity index (χ3v) is 2.48. The van der Waals surface area contributed by atoms with E-state index in [1.54, 1.807) is 7.11 Å². The lowest BCUT2D eigenvalue weighted by Gasteiger charge is -2.11. The molecule has 0 spiro atoms. The van der Waals surface area contributed by atoms with E-state index in [2.05, 4.69) is 0 Å². The SMILES string of the molecule is COc1cc(CN)ccc1OC/C(C)=C/Cl. The van der Waals surface area contributed by atoms with Gasteiger partial charge in [-0.3, -0.25) is 0 Å². The molecule has 0 saturated carbocycles. The van der Waals surface area contributed by atoms with Gasteiger partial charge in [-0.1, -0.05) is 17.7 Å². The molecule has 0 unspecified atom stereocenters. The zero-order valence-corrected chi connectivity index (χ0v) is 10.3. The lowest BCUT2D eigenvalue weighted by atomic mass is 10.2. The van der Waals surface area contributed by atoms with Crippen LogP contribution in [-0.2, 0) is 6.54 Å². The second kappa shape index (κ2) is 6.40. The topological polar surface area (TPSA) is 44.5 Å². The lowest BCUT2D eigenvalue weighted by molar-refractivity contribution is 0.319. The summed E-state index contributed by atoms with van der Waals surface area (Å²) >= 11 is 5.55. The average Bonchev–Trinajstić information content (AvgIpc) is 2.35. The predicted octanol–water partition coefficient (Wildman–Crippen LogP) is 2.68. The molecule has 16 heavy (non-hydrogen) atoms. The first-order chi connectivity index (χ1) is 7.71. The van der Waals surface area contributed by atoms with Crippen LogP contribution >= 0.6 is 11.6 Å². The van der Waals surface area contributed by atoms with Crippen molar-refractivity contribution in [3.63, 3.8) is 0 Å². The molecule has 1 aromatic carbocycles. The second-order valence-electron chi connectivity index (χ2n) is 3.43. The molecule has 3 nitrogen and oxygen atoms in total. The van der Waals surface area contributed by atoms with Gasteiger partial charge in [-0.05, 0) is 30.2 Å². The summed E-state index contributed by atoms with van der Waals surface area (Å²) in [6.07, 6.45) is 0. The Morgan fingerprint density at radius 2 is 2.19 bits per heavy atom. The molecule has 0 aliphatic carbocycles. The van der Waals surface area contributed by atoms with Crippen molar-refractivity contribution in [1.82, 2.24) is 0 Å². The van der Waals surface area contributed by atoms with Gasteiger partial charge in [0, 0.05) is 12.1 Å². The first-order valence-corrected chi connectivity index (χ1v) is 5.40. The second-order valence-corrected chi connectivity index (χ2v) is 3.65. The minimum Gasteiger partial charge on any atom is -0.493 e. The molecule has 0 saturated heterocycles. The van der Waals surface area contributed by atoms with Crippen molar-refractivity contribution in [1.29, 1.82) is 0 Å². The third-order valence-electron chi connectivity index (χ3n) is 2.11. The molecule has 0 heterocycles. The molecule has 0 radical (unpaired) electrons. The standard InChI is InChI=1S/C12H16ClNO2/c1-9(6-13)8-16-11-4-3-10(7-14)5-12(11)15-2/h3-6H,7-8,14H2,1-2H3/b9-6+. The number of nitrogens with two attached hydrogens (primary N) is 1. The quantitative estimate of drug-likeness (QED) is 0.862. The van der Waals surface area contributed by atoms with Crippen LogP contribution in [0.15, 0.2) is 29.3 Å². The number of rotatable bonds is 5. The first-order valence-electron chi connectivity index (χ1n) is 4.97. The minimum absolute atomic E-state index is 0.446. The van der Waals surface area contributed by atoms with Crippen molar-refractivity contribution in [2.75, 3.05) is 13.7 Å². The molecular formula is C12H16ClNO2. The van der Waals surface area contributed by atoms with Crippen molar-refractivity contribution < 1.29 is 9.47 Å². The van der Waals surface area contributed by atoms with Gasteiger partial charge in [-0.2, -0.15) is 0 Å². The summed E-state index contributed by atoms with van der Waals surface area (Å²) in [6.45, 7) is 2.83. The van der Waals surface area contributed by atoms with Crippen LogP contribution < -0.4 is 15.2 Å². The Kier molecular flexibility index (Phi) is 5.15. The maximum atomic E-state index is 5.56. The molecule has 0 aliphatic heterocycles. The van der Waals surface area contributed by atoms with Gasteiger partial charge in [0.2, 0.25) is 0 Å². The molecule has 0 atom stereocenters. The van der Waals surface area contributed by atoms with E-state index in [1.807, 2.05) is 25.1 Å². The lowest BCUT2D eigenvalue weighted by Crippen LogP contribution is -2.02. The van der Waals surface area contributed by atoms with Crippen molar-refractivity contribution in [2.24, 2.45) is 5.73 Å². The molecule has 0 aromatic heterocycles. The zero-order chi connectivity index (χ0) is 12.0. The van der Waals surface area contributed by atoms with E-state index in [0.29, 0.717) is 24.7 Å². The van der Waals surface area contributed by atoms with E-state index < -0.39 is 0 Å². The van der Waals surface area contributed by atoms with E-state index >= 15 is 0 Å². The smallest absolute Gasteiger partial charge is 0.161 e. The molecule has 1 aromatic rings. The molecule has 0 aliphatic rings. The monoisotopic (exact) mass is 241 g/mol. The number of hydrogen-bond donors (Lipinski definition) is 1. The highest BCUT2D eigenvalue weighted by Crippen LogP contribution is 2.28. The van der Waals surface area contributed by atoms with E-state index in [0.717, 1.165) is 11.1 Å². The van der Waals surface area contributed by atoms with Gasteiger partial charge in [0.1, 0.15) is 6.61 Å². The van der Waals surface area contributed by atoms with Crippen LogP contribution in [0.1, 0.15) is 12.5 Å². The third kappa shape index (κ3) is 3.43. The highest BCUT2D eigenvalue weighted by atomic mass is 35.5. The number of benzene rings is 1. The molecule has 4 heteroatoms. The largest absolute Gasteiger partial charge is 0.493 e. The first kappa shape index (κ1) is 12.9.